The van der Waals surface area contributed by atoms with Crippen LogP contribution in [-0.2, 0) is 4.79 Å². The van der Waals surface area contributed by atoms with Crippen LogP contribution in [0.5, 0.6) is 5.75 Å². The van der Waals surface area contributed by atoms with E-state index in [1.807, 2.05) is 0 Å². The number of rotatable bonds is 4. The molecule has 0 aliphatic carbocycles. The van der Waals surface area contributed by atoms with Crippen LogP contribution in [0.4, 0.5) is 18.9 Å². The highest BCUT2D eigenvalue weighted by Crippen LogP contribution is 2.29. The Bertz CT molecular complexity index is 438. The SMILES string of the molecule is O=C(CCl)Nc1cc(Cl)ccc1OCC(F)(F)F. The maximum absolute atomic E-state index is 12.0. The van der Waals surface area contributed by atoms with Gasteiger partial charge in [-0.2, -0.15) is 13.2 Å². The molecule has 1 amide bonds. The highest BCUT2D eigenvalue weighted by Gasteiger charge is 2.28. The van der Waals surface area contributed by atoms with Crippen molar-refractivity contribution >= 4 is 34.8 Å². The van der Waals surface area contributed by atoms with Gasteiger partial charge in [-0.15, -0.1) is 11.6 Å². The third-order valence-corrected chi connectivity index (χ3v) is 2.21. The van der Waals surface area contributed by atoms with E-state index < -0.39 is 18.7 Å². The summed E-state index contributed by atoms with van der Waals surface area (Å²) in [5.41, 5.74) is 0.0393. The fraction of sp³-hybridized carbons (Fsp3) is 0.300. The lowest BCUT2D eigenvalue weighted by molar-refractivity contribution is -0.153. The summed E-state index contributed by atoms with van der Waals surface area (Å²) in [5, 5.41) is 2.54. The number of carbonyl (C=O) groups excluding carboxylic acids is 1. The molecule has 0 fully saturated rings. The van der Waals surface area contributed by atoms with E-state index in [4.69, 9.17) is 23.2 Å². The summed E-state index contributed by atoms with van der Waals surface area (Å²) >= 11 is 10.9. The molecule has 0 saturated carbocycles. The average Bonchev–Trinajstić information content (AvgIpc) is 2.26. The molecule has 0 saturated heterocycles. The Morgan fingerprint density at radius 2 is 2.06 bits per heavy atom. The Kier molecular flexibility index (Phi) is 5.10. The standard InChI is InChI=1S/C10H8Cl2F3NO2/c11-4-9(17)16-7-3-6(12)1-2-8(7)18-5-10(13,14)15/h1-3H,4-5H2,(H,16,17). The van der Waals surface area contributed by atoms with E-state index in [2.05, 4.69) is 10.1 Å². The van der Waals surface area contributed by atoms with Crippen molar-refractivity contribution < 1.29 is 22.7 Å². The van der Waals surface area contributed by atoms with Gasteiger partial charge in [0.1, 0.15) is 11.6 Å². The van der Waals surface area contributed by atoms with Crippen LogP contribution in [0.1, 0.15) is 0 Å². The summed E-state index contributed by atoms with van der Waals surface area (Å²) in [4.78, 5) is 11.1. The highest BCUT2D eigenvalue weighted by molar-refractivity contribution is 6.31. The van der Waals surface area contributed by atoms with Gasteiger partial charge in [0, 0.05) is 5.02 Å². The molecule has 0 aliphatic rings. The van der Waals surface area contributed by atoms with Crippen molar-refractivity contribution in [1.82, 2.24) is 0 Å². The summed E-state index contributed by atoms with van der Waals surface area (Å²) in [7, 11) is 0. The number of hydrogen-bond donors (Lipinski definition) is 1. The highest BCUT2D eigenvalue weighted by atomic mass is 35.5. The maximum Gasteiger partial charge on any atom is 0.422 e. The van der Waals surface area contributed by atoms with Gasteiger partial charge in [-0.25, -0.2) is 0 Å². The number of amides is 1. The minimum absolute atomic E-state index is 0.0393. The van der Waals surface area contributed by atoms with Crippen molar-refractivity contribution in [2.45, 2.75) is 6.18 Å². The predicted octanol–water partition coefficient (Wildman–Crippen LogP) is 3.46. The molecule has 0 radical (unpaired) electrons. The maximum atomic E-state index is 12.0. The summed E-state index contributed by atoms with van der Waals surface area (Å²) in [6.45, 7) is -1.46. The Labute approximate surface area is 111 Å². The number of anilines is 1. The van der Waals surface area contributed by atoms with Gasteiger partial charge in [-0.3, -0.25) is 4.79 Å². The minimum atomic E-state index is -4.46. The molecule has 1 N–H and O–H groups in total. The first-order chi connectivity index (χ1) is 8.31. The topological polar surface area (TPSA) is 38.3 Å². The van der Waals surface area contributed by atoms with Crippen LogP contribution in [0.2, 0.25) is 5.02 Å². The Hall–Kier alpha value is -1.14. The van der Waals surface area contributed by atoms with E-state index in [0.29, 0.717) is 0 Å². The molecule has 0 unspecified atom stereocenters. The van der Waals surface area contributed by atoms with Crippen molar-refractivity contribution in [3.8, 4) is 5.75 Å². The summed E-state index contributed by atoms with van der Waals surface area (Å²) in [6, 6.07) is 3.86. The van der Waals surface area contributed by atoms with Gasteiger partial charge in [-0.1, -0.05) is 11.6 Å². The van der Waals surface area contributed by atoms with Gasteiger partial charge < -0.3 is 10.1 Å². The molecule has 0 aliphatic heterocycles. The van der Waals surface area contributed by atoms with E-state index in [0.717, 1.165) is 0 Å². The van der Waals surface area contributed by atoms with E-state index >= 15 is 0 Å². The first kappa shape index (κ1) is 14.9. The van der Waals surface area contributed by atoms with E-state index in [1.54, 1.807) is 0 Å². The number of halogens is 5. The normalized spacial score (nSPS) is 11.2. The molecule has 3 nitrogen and oxygen atoms in total. The Morgan fingerprint density at radius 1 is 1.39 bits per heavy atom. The van der Waals surface area contributed by atoms with Crippen LogP contribution >= 0.6 is 23.2 Å². The molecule has 1 aromatic carbocycles. The van der Waals surface area contributed by atoms with Crippen LogP contribution in [0.3, 0.4) is 0 Å². The fourth-order valence-electron chi connectivity index (χ4n) is 1.07. The lowest BCUT2D eigenvalue weighted by Crippen LogP contribution is -2.20. The predicted molar refractivity (Wildman–Crippen MR) is 62.4 cm³/mol. The van der Waals surface area contributed by atoms with E-state index in [1.165, 1.54) is 18.2 Å². The van der Waals surface area contributed by atoms with Crippen LogP contribution in [-0.4, -0.2) is 24.6 Å². The van der Waals surface area contributed by atoms with E-state index in [-0.39, 0.29) is 22.3 Å². The molecule has 18 heavy (non-hydrogen) atoms. The lowest BCUT2D eigenvalue weighted by Gasteiger charge is -2.13. The molecule has 1 aromatic rings. The number of alkyl halides is 4. The van der Waals surface area contributed by atoms with Crippen molar-refractivity contribution in [3.05, 3.63) is 23.2 Å². The van der Waals surface area contributed by atoms with Crippen molar-refractivity contribution in [1.29, 1.82) is 0 Å². The van der Waals surface area contributed by atoms with Crippen LogP contribution in [0, 0.1) is 0 Å². The molecule has 100 valence electrons. The van der Waals surface area contributed by atoms with Gasteiger partial charge in [0.2, 0.25) is 5.91 Å². The average molecular weight is 302 g/mol. The first-order valence-corrected chi connectivity index (χ1v) is 5.58. The molecule has 0 atom stereocenters. The second-order valence-corrected chi connectivity index (χ2v) is 3.93. The van der Waals surface area contributed by atoms with Crippen LogP contribution < -0.4 is 10.1 Å². The number of hydrogen-bond acceptors (Lipinski definition) is 2. The third kappa shape index (κ3) is 5.01. The number of benzene rings is 1. The minimum Gasteiger partial charge on any atom is -0.482 e. The lowest BCUT2D eigenvalue weighted by atomic mass is 10.3. The van der Waals surface area contributed by atoms with Gasteiger partial charge in [0.25, 0.3) is 0 Å². The Balaban J connectivity index is 2.86. The molecule has 0 spiro atoms. The van der Waals surface area contributed by atoms with Gasteiger partial charge in [-0.05, 0) is 18.2 Å². The van der Waals surface area contributed by atoms with Crippen LogP contribution in [0.25, 0.3) is 0 Å². The number of nitrogens with one attached hydrogen (secondary N) is 1. The van der Waals surface area contributed by atoms with Gasteiger partial charge >= 0.3 is 6.18 Å². The molecule has 8 heteroatoms. The quantitative estimate of drug-likeness (QED) is 0.865. The van der Waals surface area contributed by atoms with Crippen LogP contribution in [0.15, 0.2) is 18.2 Å². The Morgan fingerprint density at radius 3 is 2.61 bits per heavy atom. The largest absolute Gasteiger partial charge is 0.482 e. The number of ether oxygens (including phenoxy) is 1. The van der Waals surface area contributed by atoms with E-state index in [9.17, 15) is 18.0 Å². The molecular weight excluding hydrogens is 294 g/mol. The molecule has 0 heterocycles. The van der Waals surface area contributed by atoms with Crippen molar-refractivity contribution in [2.75, 3.05) is 17.8 Å². The summed E-state index contributed by atoms with van der Waals surface area (Å²) in [6.07, 6.45) is -4.46. The van der Waals surface area contributed by atoms with Gasteiger partial charge in [0.15, 0.2) is 6.61 Å². The summed E-state index contributed by atoms with van der Waals surface area (Å²) in [5.74, 6) is -1.03. The third-order valence-electron chi connectivity index (χ3n) is 1.73. The molecule has 1 rings (SSSR count). The van der Waals surface area contributed by atoms with Crippen molar-refractivity contribution in [2.24, 2.45) is 0 Å². The fourth-order valence-corrected chi connectivity index (χ4v) is 1.31. The molecule has 0 aromatic heterocycles. The monoisotopic (exact) mass is 301 g/mol. The zero-order valence-corrected chi connectivity index (χ0v) is 10.4. The second-order valence-electron chi connectivity index (χ2n) is 3.23. The van der Waals surface area contributed by atoms with Crippen molar-refractivity contribution in [3.63, 3.8) is 0 Å². The summed E-state index contributed by atoms with van der Waals surface area (Å²) < 4.78 is 40.6. The second kappa shape index (κ2) is 6.15. The zero-order valence-electron chi connectivity index (χ0n) is 8.85. The smallest absolute Gasteiger partial charge is 0.422 e. The molecule has 0 bridgehead atoms. The zero-order chi connectivity index (χ0) is 13.8. The molecular formula is C10H8Cl2F3NO2. The first-order valence-electron chi connectivity index (χ1n) is 4.67. The van der Waals surface area contributed by atoms with Gasteiger partial charge in [0.05, 0.1) is 5.69 Å². The number of carbonyl (C=O) groups is 1.